The van der Waals surface area contributed by atoms with Crippen LogP contribution in [0.15, 0.2) is 24.3 Å². The van der Waals surface area contributed by atoms with Crippen molar-refractivity contribution in [3.05, 3.63) is 24.3 Å². The number of anilines is 1. The first kappa shape index (κ1) is 11.0. The third-order valence-corrected chi connectivity index (χ3v) is 1.19. The molecule has 12 heavy (non-hydrogen) atoms. The average Bonchev–Trinajstić information content (AvgIpc) is 1.93. The zero-order valence-electron chi connectivity index (χ0n) is 6.16. The molecule has 1 rings (SSSR count). The van der Waals surface area contributed by atoms with Crippen molar-refractivity contribution < 1.29 is 9.90 Å². The van der Waals surface area contributed by atoms with Crippen LogP contribution in [0.4, 0.5) is 5.69 Å². The molecule has 0 aliphatic carbocycles. The number of hydrogen-bond donors (Lipinski definition) is 2. The van der Waals surface area contributed by atoms with E-state index in [0.29, 0.717) is 5.69 Å². The van der Waals surface area contributed by atoms with Gasteiger partial charge in [-0.05, 0) is 24.3 Å². The van der Waals surface area contributed by atoms with Gasteiger partial charge in [-0.3, -0.25) is 4.79 Å². The Morgan fingerprint density at radius 3 is 2.25 bits per heavy atom. The molecule has 0 spiro atoms. The highest BCUT2D eigenvalue weighted by Gasteiger charge is 1.93. The van der Waals surface area contributed by atoms with Crippen molar-refractivity contribution in [3.8, 4) is 5.75 Å². The largest absolute Gasteiger partial charge is 0.508 e. The minimum atomic E-state index is -0.115. The number of phenols is 1. The van der Waals surface area contributed by atoms with E-state index in [-0.39, 0.29) is 29.0 Å². The molecule has 0 aliphatic heterocycles. The van der Waals surface area contributed by atoms with Crippen molar-refractivity contribution in [2.75, 3.05) is 5.32 Å². The Hall–Kier alpha value is -0.978. The first-order valence-electron chi connectivity index (χ1n) is 3.25. The van der Waals surface area contributed by atoms with Crippen LogP contribution >= 0.6 is 0 Å². The van der Waals surface area contributed by atoms with Gasteiger partial charge in [0.05, 0.1) is 0 Å². The van der Waals surface area contributed by atoms with E-state index in [1.807, 2.05) is 0 Å². The van der Waals surface area contributed by atoms with Crippen LogP contribution in [0.3, 0.4) is 0 Å². The summed E-state index contributed by atoms with van der Waals surface area (Å²) in [6.45, 7) is 1.44. The Morgan fingerprint density at radius 1 is 1.33 bits per heavy atom. The van der Waals surface area contributed by atoms with Crippen molar-refractivity contribution in [1.82, 2.24) is 0 Å². The standard InChI is InChI=1S/C8H9NO2.Al.3H/c1-6(10)9-7-2-4-8(11)5-3-7;;;;/h2-5,11H,1H3,(H,9,10);;;;. The van der Waals surface area contributed by atoms with E-state index in [9.17, 15) is 4.79 Å². The molecule has 4 heteroatoms. The fourth-order valence-electron chi connectivity index (χ4n) is 0.748. The summed E-state index contributed by atoms with van der Waals surface area (Å²) in [6, 6.07) is 6.31. The molecule has 0 saturated heterocycles. The number of rotatable bonds is 1. The molecule has 0 heterocycles. The summed E-state index contributed by atoms with van der Waals surface area (Å²) in [7, 11) is 0. The van der Waals surface area contributed by atoms with E-state index < -0.39 is 0 Å². The lowest BCUT2D eigenvalue weighted by atomic mass is 10.3. The number of carbonyl (C=O) groups excluding carboxylic acids is 1. The number of carbonyl (C=O) groups is 1. The number of phenolic OH excluding ortho intramolecular Hbond substituents is 1. The van der Waals surface area contributed by atoms with E-state index in [4.69, 9.17) is 5.11 Å². The molecule has 1 aromatic rings. The zero-order chi connectivity index (χ0) is 8.27. The van der Waals surface area contributed by atoms with Crippen LogP contribution in [0, 0.1) is 0 Å². The smallest absolute Gasteiger partial charge is 0.221 e. The summed E-state index contributed by atoms with van der Waals surface area (Å²) in [5.41, 5.74) is 0.690. The Kier molecular flexibility index (Phi) is 4.42. The van der Waals surface area contributed by atoms with Gasteiger partial charge in [-0.25, -0.2) is 0 Å². The number of benzene rings is 1. The zero-order valence-corrected chi connectivity index (χ0v) is 6.16. The van der Waals surface area contributed by atoms with Crippen molar-refractivity contribution in [2.45, 2.75) is 6.92 Å². The van der Waals surface area contributed by atoms with Crippen molar-refractivity contribution in [3.63, 3.8) is 0 Å². The molecule has 64 valence electrons. The second-order valence-corrected chi connectivity index (χ2v) is 2.23. The number of aromatic hydroxyl groups is 1. The fraction of sp³-hybridized carbons (Fsp3) is 0.125. The van der Waals surface area contributed by atoms with Gasteiger partial charge < -0.3 is 10.4 Å². The second kappa shape index (κ2) is 4.81. The van der Waals surface area contributed by atoms with E-state index in [2.05, 4.69) is 5.32 Å². The summed E-state index contributed by atoms with van der Waals surface area (Å²) < 4.78 is 0. The van der Waals surface area contributed by atoms with Gasteiger partial charge in [0.1, 0.15) is 5.75 Å². The van der Waals surface area contributed by atoms with Gasteiger partial charge >= 0.3 is 0 Å². The molecule has 0 saturated carbocycles. The fourth-order valence-corrected chi connectivity index (χ4v) is 0.748. The Labute approximate surface area is 81.5 Å². The van der Waals surface area contributed by atoms with E-state index in [1.54, 1.807) is 12.1 Å². The van der Waals surface area contributed by atoms with Crippen LogP contribution in [0.5, 0.6) is 5.75 Å². The molecular weight excluding hydrogens is 169 g/mol. The highest BCUT2D eigenvalue weighted by atomic mass is 27.0. The third-order valence-electron chi connectivity index (χ3n) is 1.19. The number of nitrogens with one attached hydrogen (secondary N) is 1. The Balaban J connectivity index is 0.00000121. The van der Waals surface area contributed by atoms with Gasteiger partial charge in [0.15, 0.2) is 17.4 Å². The molecule has 1 amide bonds. The molecule has 0 atom stereocenters. The summed E-state index contributed by atoms with van der Waals surface area (Å²) in [4.78, 5) is 10.5. The van der Waals surface area contributed by atoms with Gasteiger partial charge in [0.25, 0.3) is 0 Å². The van der Waals surface area contributed by atoms with Crippen molar-refractivity contribution in [1.29, 1.82) is 0 Å². The van der Waals surface area contributed by atoms with Crippen LogP contribution < -0.4 is 5.32 Å². The summed E-state index contributed by atoms with van der Waals surface area (Å²) >= 11 is 0. The first-order valence-corrected chi connectivity index (χ1v) is 3.25. The van der Waals surface area contributed by atoms with Gasteiger partial charge in [0.2, 0.25) is 5.91 Å². The van der Waals surface area contributed by atoms with Crippen LogP contribution in [-0.4, -0.2) is 28.4 Å². The third kappa shape index (κ3) is 3.42. The van der Waals surface area contributed by atoms with Crippen LogP contribution in [0.1, 0.15) is 6.92 Å². The normalized spacial score (nSPS) is 8.42. The molecule has 0 radical (unpaired) electrons. The molecular formula is C8H12AlNO2. The highest BCUT2D eigenvalue weighted by molar-refractivity contribution is 5.88. The van der Waals surface area contributed by atoms with E-state index in [0.717, 1.165) is 0 Å². The van der Waals surface area contributed by atoms with E-state index in [1.165, 1.54) is 19.1 Å². The molecule has 3 nitrogen and oxygen atoms in total. The average molecular weight is 181 g/mol. The molecule has 0 aliphatic rings. The second-order valence-electron chi connectivity index (χ2n) is 2.23. The Bertz CT molecular complexity index is 258. The minimum Gasteiger partial charge on any atom is -0.508 e. The maximum atomic E-state index is 10.5. The van der Waals surface area contributed by atoms with Crippen molar-refractivity contribution in [2.24, 2.45) is 0 Å². The topological polar surface area (TPSA) is 49.3 Å². The summed E-state index contributed by atoms with van der Waals surface area (Å²) in [5, 5.41) is 11.5. The number of amides is 1. The minimum absolute atomic E-state index is 0. The molecule has 0 aromatic heterocycles. The van der Waals surface area contributed by atoms with Gasteiger partial charge in [-0.2, -0.15) is 0 Å². The molecule has 0 unspecified atom stereocenters. The lowest BCUT2D eigenvalue weighted by Crippen LogP contribution is -2.04. The quantitative estimate of drug-likeness (QED) is 0.479. The Morgan fingerprint density at radius 2 is 1.83 bits per heavy atom. The van der Waals surface area contributed by atoms with Gasteiger partial charge in [-0.1, -0.05) is 0 Å². The van der Waals surface area contributed by atoms with Crippen LogP contribution in [0.25, 0.3) is 0 Å². The molecule has 0 fully saturated rings. The highest BCUT2D eigenvalue weighted by Crippen LogP contribution is 2.13. The lowest BCUT2D eigenvalue weighted by Gasteiger charge is -1.99. The summed E-state index contributed by atoms with van der Waals surface area (Å²) in [6.07, 6.45) is 0. The lowest BCUT2D eigenvalue weighted by molar-refractivity contribution is -0.114. The van der Waals surface area contributed by atoms with Crippen LogP contribution in [0.2, 0.25) is 0 Å². The molecule has 0 bridgehead atoms. The van der Waals surface area contributed by atoms with E-state index >= 15 is 0 Å². The maximum Gasteiger partial charge on any atom is 0.221 e. The van der Waals surface area contributed by atoms with Crippen LogP contribution in [-0.2, 0) is 4.79 Å². The first-order chi connectivity index (χ1) is 5.18. The van der Waals surface area contributed by atoms with Gasteiger partial charge in [-0.15, -0.1) is 0 Å². The molecule has 1 aromatic carbocycles. The summed E-state index contributed by atoms with van der Waals surface area (Å²) in [5.74, 6) is 0.0785. The van der Waals surface area contributed by atoms with Crippen molar-refractivity contribution >= 4 is 29.0 Å². The molecule has 2 N–H and O–H groups in total. The SMILES string of the molecule is CC(=O)Nc1ccc(O)cc1.[AlH3]. The predicted octanol–water partition coefficient (Wildman–Crippen LogP) is 0.167. The maximum absolute atomic E-state index is 10.5. The predicted molar refractivity (Wildman–Crippen MR) is 52.3 cm³/mol. The number of hydrogen-bond acceptors (Lipinski definition) is 2. The monoisotopic (exact) mass is 181 g/mol. The van der Waals surface area contributed by atoms with Gasteiger partial charge in [0, 0.05) is 12.6 Å².